The van der Waals surface area contributed by atoms with Gasteiger partial charge in [-0.25, -0.2) is 0 Å². The Kier molecular flexibility index (Phi) is 2.94. The minimum absolute atomic E-state index is 0.442. The van der Waals surface area contributed by atoms with Crippen molar-refractivity contribution >= 4 is 5.91 Å². The van der Waals surface area contributed by atoms with Crippen LogP contribution in [0.1, 0.15) is 22.2 Å². The van der Waals surface area contributed by atoms with Crippen LogP contribution in [0, 0.1) is 0 Å². The lowest BCUT2D eigenvalue weighted by Crippen LogP contribution is -2.25. The summed E-state index contributed by atoms with van der Waals surface area (Å²) in [6.07, 6.45) is -6.64. The first-order chi connectivity index (χ1) is 6.84. The summed E-state index contributed by atoms with van der Waals surface area (Å²) >= 11 is 0. The molecule has 0 saturated heterocycles. The zero-order chi connectivity index (χ0) is 11.6. The van der Waals surface area contributed by atoms with Gasteiger partial charge in [0.25, 0.3) is 5.91 Å². The molecule has 1 atom stereocenters. The number of hydrogen-bond donors (Lipinski definition) is 2. The van der Waals surface area contributed by atoms with E-state index in [1.807, 2.05) is 0 Å². The van der Waals surface area contributed by atoms with Gasteiger partial charge in [0.2, 0.25) is 0 Å². The predicted molar refractivity (Wildman–Crippen MR) is 43.8 cm³/mol. The van der Waals surface area contributed by atoms with Crippen molar-refractivity contribution < 1.29 is 23.1 Å². The Balaban J connectivity index is 3.19. The van der Waals surface area contributed by atoms with Crippen LogP contribution < -0.4 is 5.73 Å². The average molecular weight is 220 g/mol. The van der Waals surface area contributed by atoms with Crippen LogP contribution in [0.5, 0.6) is 0 Å². The lowest BCUT2D eigenvalue weighted by atomic mass is 10.1. The Morgan fingerprint density at radius 1 is 1.53 bits per heavy atom. The van der Waals surface area contributed by atoms with E-state index in [-0.39, 0.29) is 0 Å². The normalized spacial score (nSPS) is 13.6. The average Bonchev–Trinajstić information content (AvgIpc) is 2.15. The molecule has 7 heteroatoms. The molecule has 0 aliphatic heterocycles. The number of amides is 1. The molecule has 1 rings (SSSR count). The minimum atomic E-state index is -4.88. The Morgan fingerprint density at radius 2 is 2.13 bits per heavy atom. The van der Waals surface area contributed by atoms with E-state index < -0.39 is 29.4 Å². The molecular weight excluding hydrogens is 213 g/mol. The van der Waals surface area contributed by atoms with Crippen molar-refractivity contribution in [1.29, 1.82) is 0 Å². The zero-order valence-electron chi connectivity index (χ0n) is 7.32. The summed E-state index contributed by atoms with van der Waals surface area (Å²) in [5, 5.41) is 8.89. The van der Waals surface area contributed by atoms with Gasteiger partial charge in [-0.2, -0.15) is 13.2 Å². The molecule has 0 spiro atoms. The Bertz CT molecular complexity index is 378. The van der Waals surface area contributed by atoms with Crippen LogP contribution in [0.2, 0.25) is 0 Å². The molecular formula is C8H7F3N2O2. The van der Waals surface area contributed by atoms with Crippen molar-refractivity contribution in [2.45, 2.75) is 12.3 Å². The van der Waals surface area contributed by atoms with Gasteiger partial charge in [-0.1, -0.05) is 0 Å². The van der Waals surface area contributed by atoms with Crippen molar-refractivity contribution in [2.75, 3.05) is 0 Å². The minimum Gasteiger partial charge on any atom is -0.378 e. The van der Waals surface area contributed by atoms with Crippen molar-refractivity contribution in [3.63, 3.8) is 0 Å². The number of carbonyl (C=O) groups excluding carboxylic acids is 1. The molecule has 1 heterocycles. The molecule has 1 aromatic heterocycles. The number of rotatable bonds is 2. The molecule has 0 fully saturated rings. The Labute approximate surface area is 82.5 Å². The van der Waals surface area contributed by atoms with Gasteiger partial charge in [0.05, 0.1) is 11.3 Å². The van der Waals surface area contributed by atoms with Crippen LogP contribution in [0.25, 0.3) is 0 Å². The van der Waals surface area contributed by atoms with E-state index in [4.69, 9.17) is 10.8 Å². The fraction of sp³-hybridized carbons (Fsp3) is 0.250. The number of halogens is 3. The van der Waals surface area contributed by atoms with Crippen LogP contribution in [0.15, 0.2) is 18.3 Å². The second kappa shape index (κ2) is 3.85. The van der Waals surface area contributed by atoms with Gasteiger partial charge in [0, 0.05) is 6.20 Å². The molecule has 3 N–H and O–H groups in total. The second-order valence-electron chi connectivity index (χ2n) is 2.74. The maximum atomic E-state index is 12.1. The first-order valence-corrected chi connectivity index (χ1v) is 3.83. The number of carbonyl (C=O) groups is 1. The van der Waals surface area contributed by atoms with Crippen LogP contribution in [0.3, 0.4) is 0 Å². The monoisotopic (exact) mass is 220 g/mol. The summed E-state index contributed by atoms with van der Waals surface area (Å²) in [6, 6.07) is 2.33. The highest BCUT2D eigenvalue weighted by molar-refractivity contribution is 5.93. The fourth-order valence-electron chi connectivity index (χ4n) is 0.999. The molecule has 0 radical (unpaired) electrons. The SMILES string of the molecule is NC(=O)c1cccnc1C(O)C(F)(F)F. The van der Waals surface area contributed by atoms with Gasteiger partial charge >= 0.3 is 6.18 Å². The highest BCUT2D eigenvalue weighted by Crippen LogP contribution is 2.32. The van der Waals surface area contributed by atoms with Crippen LogP contribution >= 0.6 is 0 Å². The molecule has 0 aliphatic carbocycles. The Hall–Kier alpha value is -1.63. The predicted octanol–water partition coefficient (Wildman–Crippen LogP) is 0.776. The summed E-state index contributed by atoms with van der Waals surface area (Å²) in [7, 11) is 0. The highest BCUT2D eigenvalue weighted by atomic mass is 19.4. The number of hydrogen-bond acceptors (Lipinski definition) is 3. The summed E-state index contributed by atoms with van der Waals surface area (Å²) in [4.78, 5) is 14.1. The first kappa shape index (κ1) is 11.4. The van der Waals surface area contributed by atoms with E-state index in [1.54, 1.807) is 0 Å². The van der Waals surface area contributed by atoms with Crippen LogP contribution in [-0.4, -0.2) is 22.2 Å². The van der Waals surface area contributed by atoms with E-state index in [0.29, 0.717) is 0 Å². The summed E-state index contributed by atoms with van der Waals surface area (Å²) < 4.78 is 36.4. The smallest absolute Gasteiger partial charge is 0.378 e. The van der Waals surface area contributed by atoms with E-state index in [9.17, 15) is 18.0 Å². The number of nitrogens with zero attached hydrogens (tertiary/aromatic N) is 1. The fourth-order valence-corrected chi connectivity index (χ4v) is 0.999. The second-order valence-corrected chi connectivity index (χ2v) is 2.74. The Morgan fingerprint density at radius 3 is 2.60 bits per heavy atom. The van der Waals surface area contributed by atoms with E-state index in [1.165, 1.54) is 6.07 Å². The summed E-state index contributed by atoms with van der Waals surface area (Å²) in [5.74, 6) is -1.07. The largest absolute Gasteiger partial charge is 0.420 e. The molecule has 1 unspecified atom stereocenters. The molecule has 0 aromatic carbocycles. The molecule has 15 heavy (non-hydrogen) atoms. The summed E-state index contributed by atoms with van der Waals surface area (Å²) in [6.45, 7) is 0. The number of aromatic nitrogens is 1. The molecule has 0 aliphatic rings. The molecule has 0 bridgehead atoms. The van der Waals surface area contributed by atoms with Gasteiger partial charge in [0.1, 0.15) is 0 Å². The van der Waals surface area contributed by atoms with Crippen molar-refractivity contribution in [3.05, 3.63) is 29.6 Å². The third kappa shape index (κ3) is 2.44. The van der Waals surface area contributed by atoms with Gasteiger partial charge in [-0.05, 0) is 12.1 Å². The number of nitrogens with two attached hydrogens (primary N) is 1. The maximum absolute atomic E-state index is 12.1. The third-order valence-corrected chi connectivity index (χ3v) is 1.67. The molecule has 4 nitrogen and oxygen atoms in total. The number of pyridine rings is 1. The quantitative estimate of drug-likeness (QED) is 0.773. The summed E-state index contributed by atoms with van der Waals surface area (Å²) in [5.41, 5.74) is 3.62. The number of alkyl halides is 3. The van der Waals surface area contributed by atoms with Gasteiger partial charge in [-0.15, -0.1) is 0 Å². The first-order valence-electron chi connectivity index (χ1n) is 3.83. The van der Waals surface area contributed by atoms with E-state index in [2.05, 4.69) is 4.98 Å². The lowest BCUT2D eigenvalue weighted by molar-refractivity contribution is -0.208. The van der Waals surface area contributed by atoms with Crippen LogP contribution in [-0.2, 0) is 0 Å². The van der Waals surface area contributed by atoms with Gasteiger partial charge in [-0.3, -0.25) is 9.78 Å². The van der Waals surface area contributed by atoms with E-state index in [0.717, 1.165) is 12.3 Å². The van der Waals surface area contributed by atoms with Crippen molar-refractivity contribution in [1.82, 2.24) is 4.98 Å². The molecule has 1 amide bonds. The third-order valence-electron chi connectivity index (χ3n) is 1.67. The lowest BCUT2D eigenvalue weighted by Gasteiger charge is -2.15. The maximum Gasteiger partial charge on any atom is 0.420 e. The van der Waals surface area contributed by atoms with E-state index >= 15 is 0 Å². The number of aliphatic hydroxyl groups is 1. The molecule has 82 valence electrons. The molecule has 1 aromatic rings. The highest BCUT2D eigenvalue weighted by Gasteiger charge is 2.42. The van der Waals surface area contributed by atoms with Gasteiger partial charge < -0.3 is 10.8 Å². The number of primary amides is 1. The van der Waals surface area contributed by atoms with Crippen molar-refractivity contribution in [2.24, 2.45) is 5.73 Å². The zero-order valence-corrected chi connectivity index (χ0v) is 7.32. The van der Waals surface area contributed by atoms with Crippen molar-refractivity contribution in [3.8, 4) is 0 Å². The van der Waals surface area contributed by atoms with Crippen LogP contribution in [0.4, 0.5) is 13.2 Å². The molecule has 0 saturated carbocycles. The van der Waals surface area contributed by atoms with Gasteiger partial charge in [0.15, 0.2) is 6.10 Å². The topological polar surface area (TPSA) is 76.2 Å². The number of aliphatic hydroxyl groups excluding tert-OH is 1. The standard InChI is InChI=1S/C8H7F3N2O2/c9-8(10,11)6(14)5-4(7(12)15)2-1-3-13-5/h1-3,6,14H,(H2,12,15).